The van der Waals surface area contributed by atoms with E-state index in [0.29, 0.717) is 5.41 Å². The number of hydrogen-bond donors (Lipinski definition) is 1. The van der Waals surface area contributed by atoms with E-state index in [1.807, 2.05) is 0 Å². The second-order valence-corrected chi connectivity index (χ2v) is 7.46. The zero-order valence-corrected chi connectivity index (χ0v) is 13.5. The van der Waals surface area contributed by atoms with Crippen molar-refractivity contribution in [3.05, 3.63) is 35.9 Å². The van der Waals surface area contributed by atoms with Crippen molar-refractivity contribution >= 4 is 0 Å². The molecule has 1 heteroatoms. The van der Waals surface area contributed by atoms with E-state index in [4.69, 9.17) is 0 Å². The third-order valence-corrected chi connectivity index (χ3v) is 4.87. The summed E-state index contributed by atoms with van der Waals surface area (Å²) in [6.07, 6.45) is 7.99. The lowest BCUT2D eigenvalue weighted by Crippen LogP contribution is -2.36. The first-order valence-corrected chi connectivity index (χ1v) is 8.33. The van der Waals surface area contributed by atoms with E-state index in [9.17, 15) is 0 Å². The number of rotatable bonds is 5. The SMILES string of the molecule is CC(C)(C)[C@H]1CC[C@H](NCCCc2ccccc2)CC1. The van der Waals surface area contributed by atoms with Crippen LogP contribution in [-0.2, 0) is 6.42 Å². The molecule has 0 spiro atoms. The Bertz CT molecular complexity index is 369. The van der Waals surface area contributed by atoms with Crippen LogP contribution < -0.4 is 5.32 Å². The van der Waals surface area contributed by atoms with Gasteiger partial charge in [0, 0.05) is 6.04 Å². The molecule has 0 atom stereocenters. The molecule has 1 nitrogen and oxygen atoms in total. The Morgan fingerprint density at radius 3 is 2.25 bits per heavy atom. The Hall–Kier alpha value is -0.820. The van der Waals surface area contributed by atoms with Gasteiger partial charge in [-0.2, -0.15) is 0 Å². The Labute approximate surface area is 125 Å². The summed E-state index contributed by atoms with van der Waals surface area (Å²) in [5.41, 5.74) is 1.96. The van der Waals surface area contributed by atoms with Crippen molar-refractivity contribution in [1.29, 1.82) is 0 Å². The summed E-state index contributed by atoms with van der Waals surface area (Å²) in [5, 5.41) is 3.76. The second kappa shape index (κ2) is 7.26. The third kappa shape index (κ3) is 4.94. The Morgan fingerprint density at radius 2 is 1.65 bits per heavy atom. The van der Waals surface area contributed by atoms with Crippen LogP contribution in [0.15, 0.2) is 30.3 Å². The Kier molecular flexibility index (Phi) is 5.65. The van der Waals surface area contributed by atoms with E-state index in [2.05, 4.69) is 56.4 Å². The molecule has 1 aromatic rings. The van der Waals surface area contributed by atoms with E-state index in [0.717, 1.165) is 12.0 Å². The Balaban J connectivity index is 1.60. The van der Waals surface area contributed by atoms with Crippen LogP contribution in [0.2, 0.25) is 0 Å². The zero-order chi connectivity index (χ0) is 14.4. The van der Waals surface area contributed by atoms with Crippen LogP contribution in [0, 0.1) is 11.3 Å². The van der Waals surface area contributed by atoms with Crippen LogP contribution in [0.3, 0.4) is 0 Å². The minimum absolute atomic E-state index is 0.498. The summed E-state index contributed by atoms with van der Waals surface area (Å²) in [4.78, 5) is 0. The van der Waals surface area contributed by atoms with E-state index in [1.54, 1.807) is 0 Å². The average Bonchev–Trinajstić information content (AvgIpc) is 2.44. The molecular formula is C19H31N. The fraction of sp³-hybridized carbons (Fsp3) is 0.684. The highest BCUT2D eigenvalue weighted by Crippen LogP contribution is 2.37. The van der Waals surface area contributed by atoms with Crippen LogP contribution in [-0.4, -0.2) is 12.6 Å². The topological polar surface area (TPSA) is 12.0 Å². The van der Waals surface area contributed by atoms with Crippen molar-refractivity contribution in [1.82, 2.24) is 5.32 Å². The number of aryl methyl sites for hydroxylation is 1. The van der Waals surface area contributed by atoms with Crippen LogP contribution in [0.4, 0.5) is 0 Å². The molecule has 1 aromatic carbocycles. The molecule has 0 heterocycles. The maximum Gasteiger partial charge on any atom is 0.00672 e. The van der Waals surface area contributed by atoms with Crippen molar-refractivity contribution in [2.45, 2.75) is 65.3 Å². The van der Waals surface area contributed by atoms with Gasteiger partial charge in [0.2, 0.25) is 0 Å². The summed E-state index contributed by atoms with van der Waals surface area (Å²) in [7, 11) is 0. The zero-order valence-electron chi connectivity index (χ0n) is 13.5. The largest absolute Gasteiger partial charge is 0.314 e. The van der Waals surface area contributed by atoms with Gasteiger partial charge in [-0.3, -0.25) is 0 Å². The molecule has 1 saturated carbocycles. The first-order chi connectivity index (χ1) is 9.55. The van der Waals surface area contributed by atoms with Crippen LogP contribution >= 0.6 is 0 Å². The average molecular weight is 273 g/mol. The molecule has 0 unspecified atom stereocenters. The minimum atomic E-state index is 0.498. The van der Waals surface area contributed by atoms with Gasteiger partial charge in [0.1, 0.15) is 0 Å². The maximum absolute atomic E-state index is 3.76. The lowest BCUT2D eigenvalue weighted by molar-refractivity contribution is 0.160. The molecule has 0 bridgehead atoms. The Morgan fingerprint density at radius 1 is 1.00 bits per heavy atom. The van der Waals surface area contributed by atoms with Gasteiger partial charge in [0.15, 0.2) is 0 Å². The van der Waals surface area contributed by atoms with E-state index >= 15 is 0 Å². The minimum Gasteiger partial charge on any atom is -0.314 e. The fourth-order valence-electron chi connectivity index (χ4n) is 3.41. The lowest BCUT2D eigenvalue weighted by Gasteiger charge is -2.37. The number of benzene rings is 1. The van der Waals surface area contributed by atoms with Crippen molar-refractivity contribution in [3.63, 3.8) is 0 Å². The van der Waals surface area contributed by atoms with Gasteiger partial charge in [0.25, 0.3) is 0 Å². The molecule has 0 amide bonds. The summed E-state index contributed by atoms with van der Waals surface area (Å²) in [5.74, 6) is 0.921. The van der Waals surface area contributed by atoms with Gasteiger partial charge in [-0.1, -0.05) is 51.1 Å². The quantitative estimate of drug-likeness (QED) is 0.759. The van der Waals surface area contributed by atoms with E-state index in [-0.39, 0.29) is 0 Å². The van der Waals surface area contributed by atoms with Gasteiger partial charge < -0.3 is 5.32 Å². The van der Waals surface area contributed by atoms with Gasteiger partial charge in [-0.15, -0.1) is 0 Å². The molecule has 1 aliphatic rings. The second-order valence-electron chi connectivity index (χ2n) is 7.46. The van der Waals surface area contributed by atoms with Gasteiger partial charge in [-0.25, -0.2) is 0 Å². The first kappa shape index (κ1) is 15.6. The van der Waals surface area contributed by atoms with E-state index in [1.165, 1.54) is 50.6 Å². The predicted molar refractivity (Wildman–Crippen MR) is 88.0 cm³/mol. The molecule has 0 aliphatic heterocycles. The maximum atomic E-state index is 3.76. The van der Waals surface area contributed by atoms with Crippen LogP contribution in [0.1, 0.15) is 58.4 Å². The van der Waals surface area contributed by atoms with E-state index < -0.39 is 0 Å². The highest BCUT2D eigenvalue weighted by Gasteiger charge is 2.29. The van der Waals surface area contributed by atoms with Crippen molar-refractivity contribution in [3.8, 4) is 0 Å². The molecule has 2 rings (SSSR count). The van der Waals surface area contributed by atoms with Crippen molar-refractivity contribution in [2.75, 3.05) is 6.54 Å². The summed E-state index contributed by atoms with van der Waals surface area (Å²) < 4.78 is 0. The number of nitrogens with one attached hydrogen (secondary N) is 1. The number of hydrogen-bond acceptors (Lipinski definition) is 1. The third-order valence-electron chi connectivity index (χ3n) is 4.87. The molecule has 20 heavy (non-hydrogen) atoms. The molecule has 1 fully saturated rings. The highest BCUT2D eigenvalue weighted by molar-refractivity contribution is 5.14. The van der Waals surface area contributed by atoms with Gasteiger partial charge >= 0.3 is 0 Å². The molecule has 0 saturated heterocycles. The molecule has 0 aromatic heterocycles. The molecule has 0 radical (unpaired) electrons. The highest BCUT2D eigenvalue weighted by atomic mass is 14.9. The summed E-state index contributed by atoms with van der Waals surface area (Å²) in [6.45, 7) is 8.35. The van der Waals surface area contributed by atoms with Crippen LogP contribution in [0.25, 0.3) is 0 Å². The molecule has 1 N–H and O–H groups in total. The van der Waals surface area contributed by atoms with Crippen LogP contribution in [0.5, 0.6) is 0 Å². The first-order valence-electron chi connectivity index (χ1n) is 8.33. The fourth-order valence-corrected chi connectivity index (χ4v) is 3.41. The van der Waals surface area contributed by atoms with Gasteiger partial charge in [0.05, 0.1) is 0 Å². The standard InChI is InChI=1S/C19H31N/c1-19(2,3)17-11-13-18(14-12-17)20-15-7-10-16-8-5-4-6-9-16/h4-6,8-9,17-18,20H,7,10-15H2,1-3H3/t17-,18-. The van der Waals surface area contributed by atoms with Crippen molar-refractivity contribution in [2.24, 2.45) is 11.3 Å². The molecule has 112 valence electrons. The monoisotopic (exact) mass is 273 g/mol. The predicted octanol–water partition coefficient (Wildman–Crippen LogP) is 4.81. The van der Waals surface area contributed by atoms with Crippen molar-refractivity contribution < 1.29 is 0 Å². The normalized spacial score (nSPS) is 23.8. The smallest absolute Gasteiger partial charge is 0.00672 e. The summed E-state index contributed by atoms with van der Waals surface area (Å²) in [6, 6.07) is 11.6. The molecule has 1 aliphatic carbocycles. The summed E-state index contributed by atoms with van der Waals surface area (Å²) >= 11 is 0. The lowest BCUT2D eigenvalue weighted by atomic mass is 9.71. The van der Waals surface area contributed by atoms with Gasteiger partial charge in [-0.05, 0) is 62.0 Å². The molecular weight excluding hydrogens is 242 g/mol.